The molecule has 0 saturated carbocycles. The van der Waals surface area contributed by atoms with E-state index in [-0.39, 0.29) is 12.1 Å². The van der Waals surface area contributed by atoms with Crippen molar-refractivity contribution in [3.8, 4) is 0 Å². The summed E-state index contributed by atoms with van der Waals surface area (Å²) in [6, 6.07) is 5.13. The molecule has 0 spiro atoms. The van der Waals surface area contributed by atoms with Crippen molar-refractivity contribution in [3.63, 3.8) is 0 Å². The van der Waals surface area contributed by atoms with Gasteiger partial charge in [0, 0.05) is 10.6 Å². The fraction of sp³-hybridized carbons (Fsp3) is 0.143. The third-order valence-electron chi connectivity index (χ3n) is 1.34. The predicted octanol–water partition coefficient (Wildman–Crippen LogP) is 2.55. The molecule has 54 valence electrons. The number of halogens is 1. The Hall–Kier alpha value is -0.700. The van der Waals surface area contributed by atoms with Gasteiger partial charge in [0.05, 0.1) is 12.1 Å². The van der Waals surface area contributed by atoms with E-state index in [0.29, 0.717) is 10.6 Å². The van der Waals surface area contributed by atoms with E-state index in [9.17, 15) is 3.89 Å². The van der Waals surface area contributed by atoms with Gasteiger partial charge in [0.2, 0.25) is 0 Å². The molecule has 1 rings (SSSR count). The van der Waals surface area contributed by atoms with E-state index >= 15 is 0 Å². The maximum atomic E-state index is 11.9. The first-order valence-corrected chi connectivity index (χ1v) is 3.60. The van der Waals surface area contributed by atoms with Crippen LogP contribution in [-0.2, 0) is 0 Å². The molecule has 10 heavy (non-hydrogen) atoms. The number of hydrogen-bond donors (Lipinski definition) is 1. The Balaban J connectivity index is 3.04. The number of aryl methyl sites for hydroxylation is 1. The largest absolute Gasteiger partial charge is 0.398 e. The van der Waals surface area contributed by atoms with Crippen LogP contribution in [0, 0.1) is 6.92 Å². The molecule has 0 bridgehead atoms. The maximum absolute atomic E-state index is 11.9. The van der Waals surface area contributed by atoms with Crippen LogP contribution in [0.25, 0.3) is 0 Å². The van der Waals surface area contributed by atoms with Crippen LogP contribution < -0.4 is 5.73 Å². The number of benzene rings is 1. The summed E-state index contributed by atoms with van der Waals surface area (Å²) in [7, 11) is 0. The SMILES string of the molecule is Cc1ccc(SF)cc1N. The summed E-state index contributed by atoms with van der Waals surface area (Å²) in [4.78, 5) is 0.558. The van der Waals surface area contributed by atoms with Gasteiger partial charge in [0.25, 0.3) is 0 Å². The second-order valence-electron chi connectivity index (χ2n) is 2.10. The lowest BCUT2D eigenvalue weighted by Gasteiger charge is -1.98. The molecular formula is C7H8FNS. The zero-order valence-corrected chi connectivity index (χ0v) is 6.41. The first-order chi connectivity index (χ1) is 4.74. The highest BCUT2D eigenvalue weighted by Gasteiger charge is 1.95. The van der Waals surface area contributed by atoms with Crippen molar-refractivity contribution < 1.29 is 3.89 Å². The Morgan fingerprint density at radius 1 is 1.50 bits per heavy atom. The lowest BCUT2D eigenvalue weighted by Crippen LogP contribution is -1.87. The van der Waals surface area contributed by atoms with Gasteiger partial charge in [-0.3, -0.25) is 0 Å². The van der Waals surface area contributed by atoms with E-state index in [1.54, 1.807) is 18.2 Å². The third kappa shape index (κ3) is 1.42. The van der Waals surface area contributed by atoms with Gasteiger partial charge in [-0.25, -0.2) is 0 Å². The zero-order chi connectivity index (χ0) is 7.56. The summed E-state index contributed by atoms with van der Waals surface area (Å²) in [5.74, 6) is 0. The topological polar surface area (TPSA) is 26.0 Å². The van der Waals surface area contributed by atoms with Gasteiger partial charge in [-0.05, 0) is 24.6 Å². The van der Waals surface area contributed by atoms with E-state index in [1.807, 2.05) is 6.92 Å². The van der Waals surface area contributed by atoms with Gasteiger partial charge in [0.15, 0.2) is 0 Å². The van der Waals surface area contributed by atoms with Crippen molar-refractivity contribution in [1.29, 1.82) is 0 Å². The van der Waals surface area contributed by atoms with E-state index in [2.05, 4.69) is 0 Å². The molecule has 0 aliphatic carbocycles. The summed E-state index contributed by atoms with van der Waals surface area (Å²) in [6.45, 7) is 1.89. The number of nitrogen functional groups attached to an aromatic ring is 1. The number of hydrogen-bond acceptors (Lipinski definition) is 2. The van der Waals surface area contributed by atoms with Crippen LogP contribution in [-0.4, -0.2) is 0 Å². The van der Waals surface area contributed by atoms with Gasteiger partial charge < -0.3 is 5.73 Å². The van der Waals surface area contributed by atoms with Crippen molar-refractivity contribution >= 4 is 17.8 Å². The molecule has 0 aliphatic heterocycles. The molecule has 0 fully saturated rings. The van der Waals surface area contributed by atoms with Crippen LogP contribution in [0.3, 0.4) is 0 Å². The summed E-state index contributed by atoms with van der Waals surface area (Å²) in [5.41, 5.74) is 7.14. The second-order valence-corrected chi connectivity index (χ2v) is 2.72. The van der Waals surface area contributed by atoms with E-state index in [4.69, 9.17) is 5.73 Å². The molecule has 3 heteroatoms. The standard InChI is InChI=1S/C7H8FNS/c1-5-2-3-6(10-8)4-7(5)9/h2-4H,9H2,1H3. The third-order valence-corrected chi connectivity index (χ3v) is 1.77. The molecule has 1 aromatic carbocycles. The molecular weight excluding hydrogens is 149 g/mol. The minimum Gasteiger partial charge on any atom is -0.398 e. The van der Waals surface area contributed by atoms with Crippen LogP contribution in [0.4, 0.5) is 9.57 Å². The molecule has 0 atom stereocenters. The van der Waals surface area contributed by atoms with Crippen LogP contribution >= 0.6 is 12.1 Å². The molecule has 1 nitrogen and oxygen atoms in total. The minimum atomic E-state index is 0.212. The zero-order valence-electron chi connectivity index (χ0n) is 5.60. The minimum absolute atomic E-state index is 0.212. The Morgan fingerprint density at radius 3 is 2.70 bits per heavy atom. The van der Waals surface area contributed by atoms with Gasteiger partial charge in [-0.2, -0.15) is 3.89 Å². The maximum Gasteiger partial charge on any atom is 0.0812 e. The molecule has 0 unspecified atom stereocenters. The molecule has 0 saturated heterocycles. The average Bonchev–Trinajstić information content (AvgIpc) is 1.95. The van der Waals surface area contributed by atoms with E-state index < -0.39 is 0 Å². The monoisotopic (exact) mass is 157 g/mol. The summed E-state index contributed by atoms with van der Waals surface area (Å²) in [5, 5.41) is 0. The van der Waals surface area contributed by atoms with Crippen molar-refractivity contribution in [2.75, 3.05) is 5.73 Å². The second kappa shape index (κ2) is 2.92. The first kappa shape index (κ1) is 7.41. The Bertz CT molecular complexity index is 237. The molecule has 0 heterocycles. The number of anilines is 1. The lowest BCUT2D eigenvalue weighted by molar-refractivity contribution is 0.934. The van der Waals surface area contributed by atoms with Crippen LogP contribution in [0.15, 0.2) is 23.1 Å². The van der Waals surface area contributed by atoms with Gasteiger partial charge >= 0.3 is 0 Å². The van der Waals surface area contributed by atoms with E-state index in [1.165, 1.54) is 0 Å². The first-order valence-electron chi connectivity index (χ1n) is 2.89. The van der Waals surface area contributed by atoms with Crippen molar-refractivity contribution in [3.05, 3.63) is 23.8 Å². The summed E-state index contributed by atoms with van der Waals surface area (Å²) in [6.07, 6.45) is 0. The van der Waals surface area contributed by atoms with Gasteiger partial charge in [-0.1, -0.05) is 6.07 Å². The summed E-state index contributed by atoms with van der Waals surface area (Å²) >= 11 is 0.212. The average molecular weight is 157 g/mol. The van der Waals surface area contributed by atoms with Crippen molar-refractivity contribution in [2.45, 2.75) is 11.8 Å². The molecule has 1 aromatic rings. The highest BCUT2D eigenvalue weighted by Crippen LogP contribution is 2.22. The molecule has 2 N–H and O–H groups in total. The summed E-state index contributed by atoms with van der Waals surface area (Å²) < 4.78 is 11.9. The number of nitrogens with two attached hydrogens (primary N) is 1. The molecule has 0 aromatic heterocycles. The highest BCUT2D eigenvalue weighted by molar-refractivity contribution is 7.94. The highest BCUT2D eigenvalue weighted by atomic mass is 32.2. The molecule has 0 radical (unpaired) electrons. The fourth-order valence-electron chi connectivity index (χ4n) is 0.667. The van der Waals surface area contributed by atoms with Crippen LogP contribution in [0.2, 0.25) is 0 Å². The van der Waals surface area contributed by atoms with Gasteiger partial charge in [0.1, 0.15) is 0 Å². The van der Waals surface area contributed by atoms with Crippen molar-refractivity contribution in [2.24, 2.45) is 0 Å². The Morgan fingerprint density at radius 2 is 2.20 bits per heavy atom. The Kier molecular flexibility index (Phi) is 2.17. The molecule has 0 amide bonds. The normalized spacial score (nSPS) is 9.80. The number of rotatable bonds is 1. The van der Waals surface area contributed by atoms with Crippen molar-refractivity contribution in [1.82, 2.24) is 0 Å². The Labute approximate surface area is 63.7 Å². The smallest absolute Gasteiger partial charge is 0.0812 e. The quantitative estimate of drug-likeness (QED) is 0.634. The van der Waals surface area contributed by atoms with Crippen LogP contribution in [0.5, 0.6) is 0 Å². The molecule has 0 aliphatic rings. The fourth-order valence-corrected chi connectivity index (χ4v) is 0.958. The van der Waals surface area contributed by atoms with Crippen LogP contribution in [0.1, 0.15) is 5.56 Å². The van der Waals surface area contributed by atoms with E-state index in [0.717, 1.165) is 5.56 Å². The van der Waals surface area contributed by atoms with Gasteiger partial charge in [-0.15, -0.1) is 0 Å². The predicted molar refractivity (Wildman–Crippen MR) is 42.6 cm³/mol. The lowest BCUT2D eigenvalue weighted by atomic mass is 10.2.